The van der Waals surface area contributed by atoms with Gasteiger partial charge in [0.15, 0.2) is 0 Å². The Kier molecular flexibility index (Phi) is 9.02. The first-order valence-electron chi connectivity index (χ1n) is 7.33. The lowest BCUT2D eigenvalue weighted by atomic mass is 9.71. The molecule has 0 aromatic rings. The molecular formula is C15H32O. The lowest BCUT2D eigenvalue weighted by molar-refractivity contribution is 0.0476. The summed E-state index contributed by atoms with van der Waals surface area (Å²) in [7, 11) is 0. The van der Waals surface area contributed by atoms with Crippen LogP contribution in [0.15, 0.2) is 0 Å². The van der Waals surface area contributed by atoms with E-state index in [1.165, 1.54) is 25.7 Å². The lowest BCUT2D eigenvalue weighted by Gasteiger charge is -2.36. The number of unbranched alkanes of at least 4 members (excludes halogenated alkanes) is 1. The number of hydrogen-bond acceptors (Lipinski definition) is 1. The Labute approximate surface area is 103 Å². The molecule has 0 amide bonds. The van der Waals surface area contributed by atoms with Crippen LogP contribution in [-0.4, -0.2) is 11.2 Å². The first-order valence-corrected chi connectivity index (χ1v) is 7.33. The van der Waals surface area contributed by atoms with Gasteiger partial charge in [-0.1, -0.05) is 53.9 Å². The van der Waals surface area contributed by atoms with Gasteiger partial charge in [0.05, 0.1) is 6.10 Å². The summed E-state index contributed by atoms with van der Waals surface area (Å²) in [4.78, 5) is 0. The summed E-state index contributed by atoms with van der Waals surface area (Å²) in [5, 5.41) is 9.68. The van der Waals surface area contributed by atoms with E-state index in [1.807, 2.05) is 13.8 Å². The van der Waals surface area contributed by atoms with Gasteiger partial charge in [-0.25, -0.2) is 0 Å². The number of hydrogen-bond donors (Lipinski definition) is 1. The molecule has 3 unspecified atom stereocenters. The van der Waals surface area contributed by atoms with E-state index in [0.717, 1.165) is 30.6 Å². The molecule has 1 saturated carbocycles. The van der Waals surface area contributed by atoms with E-state index < -0.39 is 0 Å². The van der Waals surface area contributed by atoms with Gasteiger partial charge in [0.1, 0.15) is 0 Å². The van der Waals surface area contributed by atoms with Crippen molar-refractivity contribution >= 4 is 0 Å². The van der Waals surface area contributed by atoms with E-state index in [2.05, 4.69) is 20.8 Å². The first kappa shape index (κ1) is 16.0. The fourth-order valence-corrected chi connectivity index (χ4v) is 2.94. The van der Waals surface area contributed by atoms with Crippen molar-refractivity contribution in [1.82, 2.24) is 0 Å². The van der Waals surface area contributed by atoms with Crippen LogP contribution in [0.1, 0.15) is 73.1 Å². The zero-order valence-corrected chi connectivity index (χ0v) is 12.0. The topological polar surface area (TPSA) is 20.2 Å². The van der Waals surface area contributed by atoms with Crippen LogP contribution in [0.5, 0.6) is 0 Å². The van der Waals surface area contributed by atoms with Crippen molar-refractivity contribution in [2.24, 2.45) is 17.8 Å². The van der Waals surface area contributed by atoms with Gasteiger partial charge >= 0.3 is 0 Å². The second-order valence-corrected chi connectivity index (χ2v) is 5.28. The SMILES string of the molecule is CC.CCCCC1CC(O)CCC1C(C)C. The molecule has 1 nitrogen and oxygen atoms in total. The summed E-state index contributed by atoms with van der Waals surface area (Å²) in [5.41, 5.74) is 0. The second kappa shape index (κ2) is 9.04. The number of aliphatic hydroxyl groups excluding tert-OH is 1. The molecule has 0 spiro atoms. The van der Waals surface area contributed by atoms with Crippen LogP contribution in [0.25, 0.3) is 0 Å². The van der Waals surface area contributed by atoms with E-state index in [1.54, 1.807) is 0 Å². The number of aliphatic hydroxyl groups is 1. The molecule has 1 N–H and O–H groups in total. The quantitative estimate of drug-likeness (QED) is 0.743. The van der Waals surface area contributed by atoms with E-state index in [9.17, 15) is 5.11 Å². The van der Waals surface area contributed by atoms with Crippen molar-refractivity contribution in [1.29, 1.82) is 0 Å². The molecule has 0 saturated heterocycles. The first-order chi connectivity index (χ1) is 7.65. The molecule has 3 atom stereocenters. The Balaban J connectivity index is 0.00000106. The largest absolute Gasteiger partial charge is 0.393 e. The van der Waals surface area contributed by atoms with Crippen LogP contribution >= 0.6 is 0 Å². The van der Waals surface area contributed by atoms with E-state index >= 15 is 0 Å². The maximum absolute atomic E-state index is 9.68. The third-order valence-corrected chi connectivity index (χ3v) is 3.80. The van der Waals surface area contributed by atoms with E-state index in [-0.39, 0.29) is 6.10 Å². The predicted molar refractivity (Wildman–Crippen MR) is 72.5 cm³/mol. The van der Waals surface area contributed by atoms with Crippen molar-refractivity contribution in [2.75, 3.05) is 0 Å². The average molecular weight is 228 g/mol. The Morgan fingerprint density at radius 3 is 2.31 bits per heavy atom. The molecule has 1 heteroatoms. The Bertz CT molecular complexity index is 154. The minimum Gasteiger partial charge on any atom is -0.393 e. The van der Waals surface area contributed by atoms with Crippen LogP contribution in [0.3, 0.4) is 0 Å². The Morgan fingerprint density at radius 2 is 1.81 bits per heavy atom. The van der Waals surface area contributed by atoms with Gasteiger partial charge in [0.2, 0.25) is 0 Å². The van der Waals surface area contributed by atoms with Gasteiger partial charge in [0, 0.05) is 0 Å². The van der Waals surface area contributed by atoms with Crippen molar-refractivity contribution in [3.05, 3.63) is 0 Å². The summed E-state index contributed by atoms with van der Waals surface area (Å²) >= 11 is 0. The monoisotopic (exact) mass is 228 g/mol. The average Bonchev–Trinajstić information content (AvgIpc) is 2.28. The molecule has 1 aliphatic carbocycles. The van der Waals surface area contributed by atoms with Crippen LogP contribution in [0.4, 0.5) is 0 Å². The van der Waals surface area contributed by atoms with E-state index in [0.29, 0.717) is 0 Å². The molecule has 0 radical (unpaired) electrons. The predicted octanol–water partition coefficient (Wildman–Crippen LogP) is 4.64. The Hall–Kier alpha value is -0.0400. The highest BCUT2D eigenvalue weighted by molar-refractivity contribution is 4.81. The zero-order chi connectivity index (χ0) is 12.6. The third-order valence-electron chi connectivity index (χ3n) is 3.80. The summed E-state index contributed by atoms with van der Waals surface area (Å²) in [5.74, 6) is 2.45. The van der Waals surface area contributed by atoms with Gasteiger partial charge in [-0.2, -0.15) is 0 Å². The fourth-order valence-electron chi connectivity index (χ4n) is 2.94. The molecule has 98 valence electrons. The minimum absolute atomic E-state index is 0.00754. The molecule has 0 heterocycles. The molecule has 1 fully saturated rings. The fraction of sp³-hybridized carbons (Fsp3) is 1.00. The van der Waals surface area contributed by atoms with Crippen molar-refractivity contribution in [2.45, 2.75) is 79.2 Å². The van der Waals surface area contributed by atoms with Gasteiger partial charge in [-0.15, -0.1) is 0 Å². The zero-order valence-electron chi connectivity index (χ0n) is 12.0. The molecular weight excluding hydrogens is 196 g/mol. The standard InChI is InChI=1S/C13H26O.C2H6/c1-4-5-6-11-9-12(14)7-8-13(11)10(2)3;1-2/h10-14H,4-9H2,1-3H3;1-2H3. The molecule has 0 bridgehead atoms. The van der Waals surface area contributed by atoms with Crippen LogP contribution in [0.2, 0.25) is 0 Å². The highest BCUT2D eigenvalue weighted by Crippen LogP contribution is 2.37. The third kappa shape index (κ3) is 5.34. The molecule has 1 rings (SSSR count). The summed E-state index contributed by atoms with van der Waals surface area (Å²) in [6.45, 7) is 10.9. The van der Waals surface area contributed by atoms with Crippen LogP contribution < -0.4 is 0 Å². The summed E-state index contributed by atoms with van der Waals surface area (Å²) in [6, 6.07) is 0. The maximum Gasteiger partial charge on any atom is 0.0543 e. The minimum atomic E-state index is -0.00754. The normalized spacial score (nSPS) is 29.8. The van der Waals surface area contributed by atoms with Gasteiger partial charge < -0.3 is 5.11 Å². The van der Waals surface area contributed by atoms with Crippen LogP contribution in [-0.2, 0) is 0 Å². The van der Waals surface area contributed by atoms with Gasteiger partial charge in [-0.3, -0.25) is 0 Å². The Morgan fingerprint density at radius 1 is 1.19 bits per heavy atom. The highest BCUT2D eigenvalue weighted by atomic mass is 16.3. The molecule has 1 aliphatic rings. The van der Waals surface area contributed by atoms with Crippen molar-refractivity contribution in [3.8, 4) is 0 Å². The molecule has 0 aliphatic heterocycles. The van der Waals surface area contributed by atoms with Gasteiger partial charge in [0.25, 0.3) is 0 Å². The number of rotatable bonds is 4. The molecule has 16 heavy (non-hydrogen) atoms. The molecule has 0 aromatic heterocycles. The van der Waals surface area contributed by atoms with Crippen molar-refractivity contribution in [3.63, 3.8) is 0 Å². The summed E-state index contributed by atoms with van der Waals surface area (Å²) < 4.78 is 0. The second-order valence-electron chi connectivity index (χ2n) is 5.28. The van der Waals surface area contributed by atoms with E-state index in [4.69, 9.17) is 0 Å². The van der Waals surface area contributed by atoms with Crippen LogP contribution in [0, 0.1) is 17.8 Å². The highest BCUT2D eigenvalue weighted by Gasteiger charge is 2.30. The smallest absolute Gasteiger partial charge is 0.0543 e. The summed E-state index contributed by atoms with van der Waals surface area (Å²) in [6.07, 6.45) is 7.28. The maximum atomic E-state index is 9.68. The van der Waals surface area contributed by atoms with Crippen molar-refractivity contribution < 1.29 is 5.11 Å². The molecule has 0 aromatic carbocycles. The lowest BCUT2D eigenvalue weighted by Crippen LogP contribution is -2.30. The van der Waals surface area contributed by atoms with Gasteiger partial charge in [-0.05, 0) is 37.0 Å².